The molecule has 4 heterocycles. The zero-order valence-electron chi connectivity index (χ0n) is 30.2. The molecule has 12 nitrogen and oxygen atoms in total. The van der Waals surface area contributed by atoms with Crippen LogP contribution < -0.4 is 0 Å². The lowest BCUT2D eigenvalue weighted by Gasteiger charge is -2.60. The van der Waals surface area contributed by atoms with Crippen molar-refractivity contribution in [2.45, 2.75) is 165 Å². The van der Waals surface area contributed by atoms with Gasteiger partial charge in [-0.15, -0.1) is 0 Å². The van der Waals surface area contributed by atoms with Crippen LogP contribution in [0.2, 0.25) is 0 Å². The van der Waals surface area contributed by atoms with Crippen molar-refractivity contribution < 1.29 is 59.1 Å². The molecule has 8 aliphatic rings. The number of allylic oxidation sites excluding steroid dienone is 1. The third-order valence-corrected chi connectivity index (χ3v) is 15.2. The minimum Gasteiger partial charge on any atom is -0.393 e. The molecule has 4 aliphatic heterocycles. The fraction of sp³-hybridized carbons (Fsp3) is 0.947. The van der Waals surface area contributed by atoms with Crippen molar-refractivity contribution in [2.24, 2.45) is 46.3 Å². The molecule has 0 aromatic rings. The van der Waals surface area contributed by atoms with Crippen LogP contribution in [0.5, 0.6) is 0 Å². The fourth-order valence-corrected chi connectivity index (χ4v) is 12.4. The van der Waals surface area contributed by atoms with Gasteiger partial charge in [0, 0.05) is 24.2 Å². The summed E-state index contributed by atoms with van der Waals surface area (Å²) in [6.45, 7) is 11.5. The van der Waals surface area contributed by atoms with Gasteiger partial charge in [-0.1, -0.05) is 39.3 Å². The summed E-state index contributed by atoms with van der Waals surface area (Å²) in [4.78, 5) is 0. The Hall–Kier alpha value is -0.740. The Bertz CT molecular complexity index is 1290. The van der Waals surface area contributed by atoms with Crippen molar-refractivity contribution >= 4 is 0 Å². The second-order valence-corrected chi connectivity index (χ2v) is 17.9. The third-order valence-electron chi connectivity index (χ3n) is 15.2. The zero-order chi connectivity index (χ0) is 35.5. The smallest absolute Gasteiger partial charge is 0.187 e. The van der Waals surface area contributed by atoms with E-state index in [-0.39, 0.29) is 18.1 Å². The van der Waals surface area contributed by atoms with Crippen LogP contribution in [0.1, 0.15) is 86.0 Å². The van der Waals surface area contributed by atoms with Gasteiger partial charge in [-0.05, 0) is 80.5 Å². The molecule has 0 bridgehead atoms. The lowest BCUT2D eigenvalue weighted by molar-refractivity contribution is -0.362. The van der Waals surface area contributed by atoms with E-state index in [9.17, 15) is 30.6 Å². The summed E-state index contributed by atoms with van der Waals surface area (Å²) in [5.74, 6) is 2.08. The van der Waals surface area contributed by atoms with Crippen molar-refractivity contribution in [1.82, 2.24) is 0 Å². The average Bonchev–Trinajstić information content (AvgIpc) is 3.53. The molecule has 4 aliphatic carbocycles. The van der Waals surface area contributed by atoms with Gasteiger partial charge in [0.25, 0.3) is 0 Å². The SMILES string of the molecule is CC1CCC2(OC1)OC1CC3C4CC=C5CC(O)CC(OC6OCC(O)C(O)C6OC6OC(C)C(O)C(O)C6O)C5(C)C4CCC3(C)C1C2C. The maximum Gasteiger partial charge on any atom is 0.187 e. The van der Waals surface area contributed by atoms with Crippen LogP contribution in [-0.4, -0.2) is 123 Å². The summed E-state index contributed by atoms with van der Waals surface area (Å²) in [6.07, 6.45) is -3.26. The van der Waals surface area contributed by atoms with Crippen molar-refractivity contribution in [3.8, 4) is 0 Å². The van der Waals surface area contributed by atoms with Crippen molar-refractivity contribution in [2.75, 3.05) is 13.2 Å². The number of aliphatic hydroxyl groups is 6. The first-order valence-corrected chi connectivity index (χ1v) is 19.4. The van der Waals surface area contributed by atoms with Crippen LogP contribution in [0.15, 0.2) is 11.6 Å². The molecule has 21 unspecified atom stereocenters. The molecule has 21 atom stereocenters. The van der Waals surface area contributed by atoms with Gasteiger partial charge in [-0.2, -0.15) is 0 Å². The van der Waals surface area contributed by atoms with Crippen LogP contribution in [0.3, 0.4) is 0 Å². The lowest BCUT2D eigenvalue weighted by Crippen LogP contribution is -2.63. The van der Waals surface area contributed by atoms with Crippen LogP contribution in [-0.2, 0) is 28.4 Å². The first-order chi connectivity index (χ1) is 23.7. The number of fused-ring (bicyclic) bond motifs is 7. The Kier molecular flexibility index (Phi) is 9.38. The highest BCUT2D eigenvalue weighted by atomic mass is 16.8. The van der Waals surface area contributed by atoms with Crippen molar-refractivity contribution in [3.05, 3.63) is 11.6 Å². The van der Waals surface area contributed by atoms with Gasteiger partial charge in [0.15, 0.2) is 18.4 Å². The number of ether oxygens (including phenoxy) is 6. The molecule has 0 amide bonds. The molecule has 0 aromatic carbocycles. The van der Waals surface area contributed by atoms with E-state index in [4.69, 9.17) is 28.4 Å². The third kappa shape index (κ3) is 5.45. The van der Waals surface area contributed by atoms with E-state index in [0.717, 1.165) is 45.1 Å². The predicted molar refractivity (Wildman–Crippen MR) is 177 cm³/mol. The Labute approximate surface area is 295 Å². The van der Waals surface area contributed by atoms with Gasteiger partial charge in [-0.3, -0.25) is 0 Å². The van der Waals surface area contributed by atoms with E-state index in [0.29, 0.717) is 48.3 Å². The number of rotatable bonds is 4. The topological polar surface area (TPSA) is 177 Å². The number of aliphatic hydroxyl groups excluding tert-OH is 6. The van der Waals surface area contributed by atoms with Gasteiger partial charge in [0.2, 0.25) is 0 Å². The fourth-order valence-electron chi connectivity index (χ4n) is 12.4. The Morgan fingerprint density at radius 3 is 2.34 bits per heavy atom. The Morgan fingerprint density at radius 2 is 1.60 bits per heavy atom. The minimum absolute atomic E-state index is 0.134. The maximum absolute atomic E-state index is 11.1. The molecule has 12 heteroatoms. The molecule has 6 N–H and O–H groups in total. The molecule has 4 saturated heterocycles. The first kappa shape index (κ1) is 36.2. The minimum atomic E-state index is -1.60. The van der Waals surface area contributed by atoms with Crippen LogP contribution >= 0.6 is 0 Å². The van der Waals surface area contributed by atoms with Crippen LogP contribution in [0.4, 0.5) is 0 Å². The van der Waals surface area contributed by atoms with Crippen molar-refractivity contribution in [1.29, 1.82) is 0 Å². The van der Waals surface area contributed by atoms with Crippen LogP contribution in [0, 0.1) is 46.3 Å². The molecule has 3 saturated carbocycles. The van der Waals surface area contributed by atoms with Gasteiger partial charge in [0.05, 0.1) is 37.6 Å². The van der Waals surface area contributed by atoms with Gasteiger partial charge >= 0.3 is 0 Å². The molecule has 7 fully saturated rings. The quantitative estimate of drug-likeness (QED) is 0.235. The summed E-state index contributed by atoms with van der Waals surface area (Å²) >= 11 is 0. The van der Waals surface area contributed by atoms with Gasteiger partial charge in [0.1, 0.15) is 36.6 Å². The standard InChI is InChI=1S/C38H60O12/c1-17-8-11-38(46-15-17)18(2)28-26(50-38)14-24-22-7-6-20-12-21(39)13-27(37(20,5)23(22)9-10-36(24,28)4)48-35-33(30(42)25(40)16-45-35)49-34-32(44)31(43)29(41)19(3)47-34/h6,17-19,21-35,39-44H,7-16H2,1-5H3. The Balaban J connectivity index is 1.04. The molecule has 0 aromatic heterocycles. The van der Waals surface area contributed by atoms with Gasteiger partial charge in [-0.25, -0.2) is 0 Å². The monoisotopic (exact) mass is 708 g/mol. The predicted octanol–water partition coefficient (Wildman–Crippen LogP) is 2.00. The highest BCUT2D eigenvalue weighted by Crippen LogP contribution is 2.71. The van der Waals surface area contributed by atoms with Crippen molar-refractivity contribution in [3.63, 3.8) is 0 Å². The molecular weight excluding hydrogens is 648 g/mol. The number of hydrogen-bond acceptors (Lipinski definition) is 12. The van der Waals surface area contributed by atoms with E-state index < -0.39 is 78.7 Å². The summed E-state index contributed by atoms with van der Waals surface area (Å²) < 4.78 is 38.0. The summed E-state index contributed by atoms with van der Waals surface area (Å²) in [5.41, 5.74) is 0.917. The lowest BCUT2D eigenvalue weighted by atomic mass is 9.46. The molecule has 50 heavy (non-hydrogen) atoms. The highest BCUT2D eigenvalue weighted by Gasteiger charge is 2.69. The highest BCUT2D eigenvalue weighted by molar-refractivity contribution is 5.28. The first-order valence-electron chi connectivity index (χ1n) is 19.4. The average molecular weight is 709 g/mol. The maximum atomic E-state index is 11.1. The molecule has 8 rings (SSSR count). The summed E-state index contributed by atoms with van der Waals surface area (Å²) in [7, 11) is 0. The summed E-state index contributed by atoms with van der Waals surface area (Å²) in [5, 5.41) is 64.1. The van der Waals surface area contributed by atoms with E-state index in [2.05, 4.69) is 33.8 Å². The second-order valence-electron chi connectivity index (χ2n) is 17.9. The van der Waals surface area contributed by atoms with Crippen LogP contribution in [0.25, 0.3) is 0 Å². The van der Waals surface area contributed by atoms with Gasteiger partial charge < -0.3 is 59.1 Å². The van der Waals surface area contributed by atoms with E-state index in [1.54, 1.807) is 6.92 Å². The molecule has 1 spiro atoms. The largest absolute Gasteiger partial charge is 0.393 e. The van der Waals surface area contributed by atoms with E-state index in [1.165, 1.54) is 5.57 Å². The van der Waals surface area contributed by atoms with E-state index in [1.807, 2.05) is 0 Å². The molecule has 284 valence electrons. The number of hydrogen-bond donors (Lipinski definition) is 6. The molecule has 0 radical (unpaired) electrons. The zero-order valence-corrected chi connectivity index (χ0v) is 30.2. The second kappa shape index (κ2) is 12.9. The summed E-state index contributed by atoms with van der Waals surface area (Å²) in [6, 6.07) is 0. The normalized spacial score (nSPS) is 59.3. The Morgan fingerprint density at radius 1 is 0.820 bits per heavy atom. The van der Waals surface area contributed by atoms with E-state index >= 15 is 0 Å². The molecular formula is C38H60O12.